The van der Waals surface area contributed by atoms with E-state index in [0.717, 1.165) is 25.7 Å². The largest absolute Gasteiger partial charge is 0.357 e. The standard InChI is InChI=1S/C21H28O3/c1-12(22)21-18(24-21)11-17-15-5-4-13-10-14(23)6-8-19(13,2)16(15)7-9-20(17,21)3/h10,15-18H,4-9,11H2,1-3H3/t15-,16+,17-,18-,19+,20+,21-/m1/s1. The molecule has 0 radical (unpaired) electrons. The Hall–Kier alpha value is -0.960. The SMILES string of the molecule is CC(=O)[C@@]12O[C@@H]1C[C@@H]1[C@@H]3CCC4=CC(=O)CC[C@]4(C)[C@H]3CC[C@@]12C. The summed E-state index contributed by atoms with van der Waals surface area (Å²) in [6, 6.07) is 0. The number of hydrogen-bond acceptors (Lipinski definition) is 3. The molecule has 0 N–H and O–H groups in total. The van der Waals surface area contributed by atoms with Crippen molar-refractivity contribution in [2.75, 3.05) is 0 Å². The van der Waals surface area contributed by atoms with Crippen LogP contribution in [0.1, 0.15) is 65.7 Å². The number of rotatable bonds is 1. The van der Waals surface area contributed by atoms with Crippen molar-refractivity contribution in [2.24, 2.45) is 28.6 Å². The first kappa shape index (κ1) is 15.3. The lowest BCUT2D eigenvalue weighted by Gasteiger charge is -2.58. The third-order valence-electron chi connectivity index (χ3n) is 8.92. The normalized spacial score (nSPS) is 55.0. The molecule has 0 aromatic carbocycles. The number of fused-ring (bicyclic) bond motifs is 7. The van der Waals surface area contributed by atoms with Crippen LogP contribution in [0, 0.1) is 28.6 Å². The highest BCUT2D eigenvalue weighted by atomic mass is 16.6. The summed E-state index contributed by atoms with van der Waals surface area (Å²) in [4.78, 5) is 24.3. The van der Waals surface area contributed by atoms with Crippen molar-refractivity contribution in [3.63, 3.8) is 0 Å². The third-order valence-corrected chi connectivity index (χ3v) is 8.92. The van der Waals surface area contributed by atoms with Gasteiger partial charge in [0.2, 0.25) is 0 Å². The van der Waals surface area contributed by atoms with E-state index < -0.39 is 5.60 Å². The number of ether oxygens (including phenoxy) is 1. The Kier molecular flexibility index (Phi) is 2.81. The lowest BCUT2D eigenvalue weighted by atomic mass is 9.46. The Bertz CT molecular complexity index is 679. The molecule has 0 aromatic rings. The summed E-state index contributed by atoms with van der Waals surface area (Å²) in [5.74, 6) is 2.58. The monoisotopic (exact) mass is 328 g/mol. The zero-order chi connectivity index (χ0) is 16.9. The van der Waals surface area contributed by atoms with Gasteiger partial charge in [-0.2, -0.15) is 0 Å². The minimum atomic E-state index is -0.456. The van der Waals surface area contributed by atoms with Crippen LogP contribution in [-0.2, 0) is 14.3 Å². The highest BCUT2D eigenvalue weighted by Crippen LogP contribution is 2.73. The van der Waals surface area contributed by atoms with Gasteiger partial charge in [-0.1, -0.05) is 19.4 Å². The zero-order valence-corrected chi connectivity index (χ0v) is 15.1. The van der Waals surface area contributed by atoms with Crippen LogP contribution in [0.4, 0.5) is 0 Å². The maximum Gasteiger partial charge on any atom is 0.164 e. The molecule has 0 bridgehead atoms. The van der Waals surface area contributed by atoms with Gasteiger partial charge in [-0.25, -0.2) is 0 Å². The van der Waals surface area contributed by atoms with Crippen molar-refractivity contribution >= 4 is 11.6 Å². The molecule has 24 heavy (non-hydrogen) atoms. The number of carbonyl (C=O) groups is 2. The molecule has 0 unspecified atom stereocenters. The van der Waals surface area contributed by atoms with Crippen LogP contribution in [0.3, 0.4) is 0 Å². The summed E-state index contributed by atoms with van der Waals surface area (Å²) in [5, 5.41) is 0. The molecule has 1 saturated heterocycles. The fraction of sp³-hybridized carbons (Fsp3) is 0.810. The van der Waals surface area contributed by atoms with Crippen LogP contribution in [-0.4, -0.2) is 23.3 Å². The van der Waals surface area contributed by atoms with Crippen LogP contribution in [0.25, 0.3) is 0 Å². The van der Waals surface area contributed by atoms with E-state index in [1.54, 1.807) is 6.92 Å². The number of ketones is 2. The van der Waals surface area contributed by atoms with Crippen LogP contribution < -0.4 is 0 Å². The van der Waals surface area contributed by atoms with Gasteiger partial charge in [0.1, 0.15) is 0 Å². The number of Topliss-reactive ketones (excluding diaryl/α,β-unsaturated/α-hetero) is 1. The Labute approximate surface area is 144 Å². The van der Waals surface area contributed by atoms with Gasteiger partial charge >= 0.3 is 0 Å². The second-order valence-electron chi connectivity index (χ2n) is 9.56. The highest BCUT2D eigenvalue weighted by Gasteiger charge is 2.79. The van der Waals surface area contributed by atoms with E-state index >= 15 is 0 Å². The molecule has 4 fully saturated rings. The van der Waals surface area contributed by atoms with Gasteiger partial charge in [-0.15, -0.1) is 0 Å². The summed E-state index contributed by atoms with van der Waals surface area (Å²) < 4.78 is 5.99. The summed E-state index contributed by atoms with van der Waals surface area (Å²) in [5.41, 5.74) is 1.22. The van der Waals surface area contributed by atoms with E-state index in [1.165, 1.54) is 18.4 Å². The van der Waals surface area contributed by atoms with Gasteiger partial charge < -0.3 is 4.74 Å². The first-order chi connectivity index (χ1) is 11.3. The molecule has 3 saturated carbocycles. The van der Waals surface area contributed by atoms with Gasteiger partial charge in [-0.05, 0) is 74.7 Å². The van der Waals surface area contributed by atoms with Crippen LogP contribution in [0.2, 0.25) is 0 Å². The Morgan fingerprint density at radius 3 is 2.71 bits per heavy atom. The van der Waals surface area contributed by atoms with Crippen molar-refractivity contribution in [3.05, 3.63) is 11.6 Å². The van der Waals surface area contributed by atoms with E-state index in [4.69, 9.17) is 4.74 Å². The van der Waals surface area contributed by atoms with Gasteiger partial charge in [-0.3, -0.25) is 9.59 Å². The molecule has 0 aromatic heterocycles. The average molecular weight is 328 g/mol. The Balaban J connectivity index is 1.52. The van der Waals surface area contributed by atoms with E-state index in [1.807, 2.05) is 6.08 Å². The van der Waals surface area contributed by atoms with E-state index in [2.05, 4.69) is 13.8 Å². The van der Waals surface area contributed by atoms with E-state index in [-0.39, 0.29) is 22.7 Å². The van der Waals surface area contributed by atoms with Crippen molar-refractivity contribution in [3.8, 4) is 0 Å². The molecule has 1 aliphatic heterocycles. The fourth-order valence-corrected chi connectivity index (χ4v) is 7.62. The number of epoxide rings is 1. The number of allylic oxidation sites excluding steroid dienone is 1. The second-order valence-corrected chi connectivity index (χ2v) is 9.56. The summed E-state index contributed by atoms with van der Waals surface area (Å²) >= 11 is 0. The van der Waals surface area contributed by atoms with Crippen molar-refractivity contribution in [1.82, 2.24) is 0 Å². The predicted molar refractivity (Wildman–Crippen MR) is 90.4 cm³/mol. The van der Waals surface area contributed by atoms with Gasteiger partial charge in [0.25, 0.3) is 0 Å². The molecule has 0 amide bonds. The molecular weight excluding hydrogens is 300 g/mol. The molecule has 7 atom stereocenters. The topological polar surface area (TPSA) is 46.7 Å². The van der Waals surface area contributed by atoms with Gasteiger partial charge in [0.05, 0.1) is 6.10 Å². The minimum absolute atomic E-state index is 0.0345. The summed E-state index contributed by atoms with van der Waals surface area (Å²) in [6.07, 6.45) is 9.53. The highest BCUT2D eigenvalue weighted by molar-refractivity contribution is 5.92. The van der Waals surface area contributed by atoms with Crippen LogP contribution in [0.15, 0.2) is 11.6 Å². The number of carbonyl (C=O) groups excluding carboxylic acids is 2. The first-order valence-corrected chi connectivity index (χ1v) is 9.76. The smallest absolute Gasteiger partial charge is 0.164 e. The lowest BCUT2D eigenvalue weighted by Crippen LogP contribution is -2.54. The molecule has 5 rings (SSSR count). The molecule has 5 aliphatic rings. The number of hydrogen-bond donors (Lipinski definition) is 0. The van der Waals surface area contributed by atoms with E-state index in [0.29, 0.717) is 30.0 Å². The maximum atomic E-state index is 12.4. The summed E-state index contributed by atoms with van der Waals surface area (Å²) in [7, 11) is 0. The van der Waals surface area contributed by atoms with E-state index in [9.17, 15) is 9.59 Å². The third kappa shape index (κ3) is 1.54. The average Bonchev–Trinajstić information content (AvgIpc) is 3.21. The molecule has 4 aliphatic carbocycles. The van der Waals surface area contributed by atoms with Crippen molar-refractivity contribution in [2.45, 2.75) is 77.4 Å². The predicted octanol–water partition coefficient (Wildman–Crippen LogP) is 3.85. The molecular formula is C21H28O3. The molecule has 0 spiro atoms. The zero-order valence-electron chi connectivity index (χ0n) is 15.1. The van der Waals surface area contributed by atoms with Crippen LogP contribution in [0.5, 0.6) is 0 Å². The van der Waals surface area contributed by atoms with Crippen molar-refractivity contribution < 1.29 is 14.3 Å². The van der Waals surface area contributed by atoms with Crippen molar-refractivity contribution in [1.29, 1.82) is 0 Å². The maximum absolute atomic E-state index is 12.4. The van der Waals surface area contributed by atoms with Gasteiger partial charge in [0, 0.05) is 11.8 Å². The fourth-order valence-electron chi connectivity index (χ4n) is 7.62. The molecule has 1 heterocycles. The molecule has 3 nitrogen and oxygen atoms in total. The molecule has 3 heteroatoms. The Morgan fingerprint density at radius 2 is 1.96 bits per heavy atom. The molecule has 130 valence electrons. The first-order valence-electron chi connectivity index (χ1n) is 9.76. The summed E-state index contributed by atoms with van der Waals surface area (Å²) in [6.45, 7) is 6.48. The van der Waals surface area contributed by atoms with Crippen LogP contribution >= 0.6 is 0 Å². The minimum Gasteiger partial charge on any atom is -0.357 e. The Morgan fingerprint density at radius 1 is 1.17 bits per heavy atom. The quantitative estimate of drug-likeness (QED) is 0.687. The second kappa shape index (κ2) is 4.41. The van der Waals surface area contributed by atoms with Gasteiger partial charge in [0.15, 0.2) is 17.2 Å². The lowest BCUT2D eigenvalue weighted by molar-refractivity contribution is -0.136.